The van der Waals surface area contributed by atoms with Gasteiger partial charge in [0, 0.05) is 32.6 Å². The molecule has 0 aliphatic rings. The van der Waals surface area contributed by atoms with Gasteiger partial charge < -0.3 is 9.47 Å². The number of carbonyl (C=O) groups is 3. The number of hydrogen-bond donors (Lipinski definition) is 0. The van der Waals surface area contributed by atoms with Gasteiger partial charge in [-0.3, -0.25) is 14.4 Å². The van der Waals surface area contributed by atoms with Gasteiger partial charge in [0.05, 0.1) is 0 Å². The number of hydrogen-bond acceptors (Lipinski definition) is 5. The maximum atomic E-state index is 11.4. The molecule has 0 N–H and O–H groups in total. The van der Waals surface area contributed by atoms with Crippen LogP contribution in [0.1, 0.15) is 47.0 Å². The van der Waals surface area contributed by atoms with Crippen molar-refractivity contribution < 1.29 is 23.9 Å². The molecule has 0 heterocycles. The third-order valence-electron chi connectivity index (χ3n) is 2.11. The summed E-state index contributed by atoms with van der Waals surface area (Å²) in [7, 11) is 0. The molecule has 0 aromatic rings. The minimum Gasteiger partial charge on any atom is -0.425 e. The molecule has 0 aromatic heterocycles. The van der Waals surface area contributed by atoms with Crippen LogP contribution in [-0.2, 0) is 23.9 Å². The van der Waals surface area contributed by atoms with Gasteiger partial charge in [-0.2, -0.15) is 0 Å². The third kappa shape index (κ3) is 7.49. The molecule has 0 saturated heterocycles. The van der Waals surface area contributed by atoms with E-state index < -0.39 is 18.2 Å². The number of rotatable bonds is 7. The van der Waals surface area contributed by atoms with Crippen molar-refractivity contribution in [2.45, 2.75) is 53.2 Å². The van der Waals surface area contributed by atoms with Crippen molar-refractivity contribution in [3.63, 3.8) is 0 Å². The van der Waals surface area contributed by atoms with Crippen LogP contribution in [0.3, 0.4) is 0 Å². The van der Waals surface area contributed by atoms with Gasteiger partial charge in [0.1, 0.15) is 5.78 Å². The van der Waals surface area contributed by atoms with Gasteiger partial charge in [0.15, 0.2) is 0 Å². The molecule has 1 atom stereocenters. The molecule has 0 aliphatic carbocycles. The van der Waals surface area contributed by atoms with Gasteiger partial charge >= 0.3 is 11.9 Å². The summed E-state index contributed by atoms with van der Waals surface area (Å²) in [5.74, 6) is -1.33. The molecule has 0 aliphatic heterocycles. The Labute approximate surface area is 101 Å². The van der Waals surface area contributed by atoms with Crippen molar-refractivity contribution in [3.8, 4) is 0 Å². The Morgan fingerprint density at radius 3 is 1.88 bits per heavy atom. The summed E-state index contributed by atoms with van der Waals surface area (Å²) in [4.78, 5) is 33.2. The minimum absolute atomic E-state index is 0.0734. The zero-order valence-corrected chi connectivity index (χ0v) is 10.8. The standard InChI is InChI=1S/C12H20O5/c1-5-6-11(15)7-8(2)12(16-9(3)13)17-10(4)14/h8,12H,5-7H2,1-4H3. The molecule has 0 spiro atoms. The van der Waals surface area contributed by atoms with E-state index in [9.17, 15) is 14.4 Å². The Bertz CT molecular complexity index is 269. The molecule has 1 unspecified atom stereocenters. The lowest BCUT2D eigenvalue weighted by Crippen LogP contribution is -2.30. The monoisotopic (exact) mass is 244 g/mol. The van der Waals surface area contributed by atoms with Gasteiger partial charge in [-0.25, -0.2) is 0 Å². The number of esters is 2. The Morgan fingerprint density at radius 1 is 1.06 bits per heavy atom. The topological polar surface area (TPSA) is 69.7 Å². The average molecular weight is 244 g/mol. The highest BCUT2D eigenvalue weighted by atomic mass is 16.7. The lowest BCUT2D eigenvalue weighted by molar-refractivity contribution is -0.194. The second-order valence-electron chi connectivity index (χ2n) is 4.06. The van der Waals surface area contributed by atoms with Crippen LogP contribution in [0.15, 0.2) is 0 Å². The highest BCUT2D eigenvalue weighted by molar-refractivity contribution is 5.78. The predicted octanol–water partition coefficient (Wildman–Crippen LogP) is 1.83. The van der Waals surface area contributed by atoms with E-state index in [0.717, 1.165) is 6.42 Å². The van der Waals surface area contributed by atoms with Gasteiger partial charge in [-0.05, 0) is 6.42 Å². The van der Waals surface area contributed by atoms with Gasteiger partial charge in [0.25, 0.3) is 0 Å². The number of ether oxygens (including phenoxy) is 2. The van der Waals surface area contributed by atoms with E-state index >= 15 is 0 Å². The highest BCUT2D eigenvalue weighted by Gasteiger charge is 2.25. The van der Waals surface area contributed by atoms with Crippen LogP contribution in [0.5, 0.6) is 0 Å². The molecule has 0 amide bonds. The van der Waals surface area contributed by atoms with E-state index in [1.165, 1.54) is 13.8 Å². The van der Waals surface area contributed by atoms with Crippen molar-refractivity contribution in [2.24, 2.45) is 5.92 Å². The predicted molar refractivity (Wildman–Crippen MR) is 61.0 cm³/mol. The quantitative estimate of drug-likeness (QED) is 0.505. The van der Waals surface area contributed by atoms with Gasteiger partial charge in [-0.15, -0.1) is 0 Å². The van der Waals surface area contributed by atoms with Crippen LogP contribution in [0.4, 0.5) is 0 Å². The maximum absolute atomic E-state index is 11.4. The smallest absolute Gasteiger partial charge is 0.305 e. The van der Waals surface area contributed by atoms with E-state index in [1.54, 1.807) is 6.92 Å². The molecule has 0 rings (SSSR count). The lowest BCUT2D eigenvalue weighted by atomic mass is 10.0. The molecule has 0 radical (unpaired) electrons. The zero-order chi connectivity index (χ0) is 13.4. The SMILES string of the molecule is CCCC(=O)CC(C)C(OC(C)=O)OC(C)=O. The average Bonchev–Trinajstić information content (AvgIpc) is 2.15. The van der Waals surface area contributed by atoms with E-state index in [-0.39, 0.29) is 18.1 Å². The summed E-state index contributed by atoms with van der Waals surface area (Å²) in [6.45, 7) is 6.09. The molecule has 0 saturated carbocycles. The van der Waals surface area contributed by atoms with Crippen molar-refractivity contribution in [1.29, 1.82) is 0 Å². The van der Waals surface area contributed by atoms with Gasteiger partial charge in [-0.1, -0.05) is 13.8 Å². The van der Waals surface area contributed by atoms with E-state index in [0.29, 0.717) is 6.42 Å². The number of Topliss-reactive ketones (excluding diaryl/α,β-unsaturated/α-hetero) is 1. The molecule has 98 valence electrons. The second-order valence-corrected chi connectivity index (χ2v) is 4.06. The number of carbonyl (C=O) groups excluding carboxylic acids is 3. The molecule has 17 heavy (non-hydrogen) atoms. The zero-order valence-electron chi connectivity index (χ0n) is 10.8. The van der Waals surface area contributed by atoms with E-state index in [1.807, 2.05) is 6.92 Å². The Hall–Kier alpha value is -1.39. The molecule has 5 nitrogen and oxygen atoms in total. The first-order valence-corrected chi connectivity index (χ1v) is 5.73. The van der Waals surface area contributed by atoms with Crippen LogP contribution in [-0.4, -0.2) is 24.0 Å². The fraction of sp³-hybridized carbons (Fsp3) is 0.750. The van der Waals surface area contributed by atoms with Gasteiger partial charge in [0.2, 0.25) is 6.29 Å². The third-order valence-corrected chi connectivity index (χ3v) is 2.11. The first-order chi connectivity index (χ1) is 7.86. The fourth-order valence-electron chi connectivity index (χ4n) is 1.42. The Balaban J connectivity index is 4.40. The summed E-state index contributed by atoms with van der Waals surface area (Å²) in [6.07, 6.45) is 0.513. The Morgan fingerprint density at radius 2 is 1.53 bits per heavy atom. The van der Waals surface area contributed by atoms with E-state index in [4.69, 9.17) is 9.47 Å². The maximum Gasteiger partial charge on any atom is 0.305 e. The first-order valence-electron chi connectivity index (χ1n) is 5.73. The minimum atomic E-state index is -0.981. The largest absolute Gasteiger partial charge is 0.425 e. The van der Waals surface area contributed by atoms with Crippen LogP contribution < -0.4 is 0 Å². The molecule has 0 bridgehead atoms. The number of ketones is 1. The van der Waals surface area contributed by atoms with E-state index in [2.05, 4.69) is 0 Å². The molecule has 0 fully saturated rings. The van der Waals surface area contributed by atoms with Crippen LogP contribution in [0.2, 0.25) is 0 Å². The molecule has 5 heteroatoms. The van der Waals surface area contributed by atoms with Crippen molar-refractivity contribution in [1.82, 2.24) is 0 Å². The van der Waals surface area contributed by atoms with Crippen molar-refractivity contribution in [3.05, 3.63) is 0 Å². The first kappa shape index (κ1) is 15.6. The molecule has 0 aromatic carbocycles. The Kier molecular flexibility index (Phi) is 7.18. The lowest BCUT2D eigenvalue weighted by Gasteiger charge is -2.22. The van der Waals surface area contributed by atoms with Crippen LogP contribution >= 0.6 is 0 Å². The summed E-state index contributed by atoms with van der Waals surface area (Å²) >= 11 is 0. The highest BCUT2D eigenvalue weighted by Crippen LogP contribution is 2.16. The molecular weight excluding hydrogens is 224 g/mol. The normalized spacial score (nSPS) is 12.1. The molecular formula is C12H20O5. The van der Waals surface area contributed by atoms with Crippen LogP contribution in [0.25, 0.3) is 0 Å². The van der Waals surface area contributed by atoms with Crippen molar-refractivity contribution in [2.75, 3.05) is 0 Å². The summed E-state index contributed by atoms with van der Waals surface area (Å²) in [5.41, 5.74) is 0. The summed E-state index contributed by atoms with van der Waals surface area (Å²) in [5, 5.41) is 0. The summed E-state index contributed by atoms with van der Waals surface area (Å²) in [6, 6.07) is 0. The summed E-state index contributed by atoms with van der Waals surface area (Å²) < 4.78 is 9.74. The van der Waals surface area contributed by atoms with Crippen LogP contribution in [0, 0.1) is 5.92 Å². The van der Waals surface area contributed by atoms with Crippen molar-refractivity contribution >= 4 is 17.7 Å². The second kappa shape index (κ2) is 7.81. The fourth-order valence-corrected chi connectivity index (χ4v) is 1.42.